The zero-order valence-electron chi connectivity index (χ0n) is 19.3. The molecule has 0 fully saturated rings. The normalized spacial score (nSPS) is 11.2. The summed E-state index contributed by atoms with van der Waals surface area (Å²) in [6.45, 7) is 2.68. The molecule has 2 amide bonds. The van der Waals surface area contributed by atoms with Gasteiger partial charge in [0.15, 0.2) is 5.13 Å². The summed E-state index contributed by atoms with van der Waals surface area (Å²) < 4.78 is 38.8. The van der Waals surface area contributed by atoms with Gasteiger partial charge in [-0.25, -0.2) is 4.98 Å². The minimum atomic E-state index is -4.46. The smallest absolute Gasteiger partial charge is 0.362 e. The van der Waals surface area contributed by atoms with Crippen LogP contribution in [0, 0.1) is 0 Å². The lowest BCUT2D eigenvalue weighted by atomic mass is 10.1. The number of anilines is 1. The van der Waals surface area contributed by atoms with Crippen LogP contribution >= 0.6 is 11.3 Å². The van der Waals surface area contributed by atoms with E-state index in [0.29, 0.717) is 10.7 Å². The van der Waals surface area contributed by atoms with Crippen LogP contribution in [0.1, 0.15) is 46.9 Å². The first-order valence-corrected chi connectivity index (χ1v) is 12.1. The van der Waals surface area contributed by atoms with Gasteiger partial charge in [-0.1, -0.05) is 55.8 Å². The van der Waals surface area contributed by atoms with Gasteiger partial charge < -0.3 is 15.5 Å². The summed E-state index contributed by atoms with van der Waals surface area (Å²) in [4.78, 5) is 31.6. The van der Waals surface area contributed by atoms with Crippen LogP contribution in [0.25, 0.3) is 0 Å². The average molecular weight is 505 g/mol. The Bertz CT molecular complexity index is 1120. The molecule has 0 radical (unpaired) electrons. The highest BCUT2D eigenvalue weighted by molar-refractivity contribution is 7.13. The van der Waals surface area contributed by atoms with Crippen molar-refractivity contribution in [3.63, 3.8) is 0 Å². The van der Waals surface area contributed by atoms with Gasteiger partial charge in [0, 0.05) is 25.0 Å². The van der Waals surface area contributed by atoms with E-state index in [-0.39, 0.29) is 25.3 Å². The summed E-state index contributed by atoms with van der Waals surface area (Å²) in [5.41, 5.74) is 0.604. The molecule has 0 bridgehead atoms. The van der Waals surface area contributed by atoms with Crippen molar-refractivity contribution in [1.82, 2.24) is 15.2 Å². The molecule has 35 heavy (non-hydrogen) atoms. The number of benzene rings is 2. The van der Waals surface area contributed by atoms with Crippen molar-refractivity contribution in [2.75, 3.05) is 18.4 Å². The minimum Gasteiger partial charge on any atom is -0.362 e. The number of thiazole rings is 1. The lowest BCUT2D eigenvalue weighted by Crippen LogP contribution is -2.40. The Morgan fingerprint density at radius 2 is 1.80 bits per heavy atom. The molecule has 0 aliphatic heterocycles. The molecule has 3 rings (SSSR count). The van der Waals surface area contributed by atoms with E-state index in [1.54, 1.807) is 5.38 Å². The predicted molar refractivity (Wildman–Crippen MR) is 130 cm³/mol. The Morgan fingerprint density at radius 1 is 1.06 bits per heavy atom. The number of carbonyl (C=O) groups excluding carboxylic acids is 2. The van der Waals surface area contributed by atoms with Crippen LogP contribution in [0.3, 0.4) is 0 Å². The molecule has 0 spiro atoms. The van der Waals surface area contributed by atoms with E-state index in [0.717, 1.165) is 37.1 Å². The Balaban J connectivity index is 1.68. The molecule has 1 heterocycles. The molecule has 10 heteroatoms. The van der Waals surface area contributed by atoms with E-state index in [9.17, 15) is 22.8 Å². The molecule has 0 aliphatic rings. The molecule has 2 aromatic carbocycles. The van der Waals surface area contributed by atoms with Gasteiger partial charge in [-0.3, -0.25) is 9.59 Å². The van der Waals surface area contributed by atoms with E-state index in [4.69, 9.17) is 0 Å². The van der Waals surface area contributed by atoms with E-state index in [2.05, 4.69) is 22.5 Å². The Kier molecular flexibility index (Phi) is 9.25. The van der Waals surface area contributed by atoms with Gasteiger partial charge in [0.05, 0.1) is 5.56 Å². The number of unbranched alkanes of at least 4 members (excludes halogenated alkanes) is 1. The van der Waals surface area contributed by atoms with Gasteiger partial charge in [-0.15, -0.1) is 11.3 Å². The van der Waals surface area contributed by atoms with Gasteiger partial charge in [0.2, 0.25) is 5.91 Å². The summed E-state index contributed by atoms with van der Waals surface area (Å²) in [6, 6.07) is 14.0. The topological polar surface area (TPSA) is 74.3 Å². The molecule has 3 aromatic rings. The maximum atomic E-state index is 13.2. The minimum absolute atomic E-state index is 0.0850. The maximum absolute atomic E-state index is 13.2. The number of rotatable bonds is 11. The quantitative estimate of drug-likeness (QED) is 0.346. The standard InChI is InChI=1S/C25H27F3N4O2S/c1-2-3-12-29-24-31-21(17-35-24)23(34)32(15-18-8-5-4-6-9-18)16-22(33)30-14-19-10-7-11-20(13-19)25(26,27)28/h4-11,13,17H,2-3,12,14-16H2,1H3,(H,29,31)(H,30,33). The molecule has 0 saturated carbocycles. The molecule has 0 atom stereocenters. The van der Waals surface area contributed by atoms with Crippen LogP contribution in [0.4, 0.5) is 18.3 Å². The number of carbonyl (C=O) groups is 2. The monoisotopic (exact) mass is 504 g/mol. The predicted octanol–water partition coefficient (Wildman–Crippen LogP) is 5.33. The van der Waals surface area contributed by atoms with Crippen molar-refractivity contribution in [3.8, 4) is 0 Å². The Hall–Kier alpha value is -3.40. The van der Waals surface area contributed by atoms with Crippen LogP contribution < -0.4 is 10.6 Å². The molecule has 0 aliphatic carbocycles. The summed E-state index contributed by atoms with van der Waals surface area (Å²) in [6.07, 6.45) is -2.45. The number of hydrogen-bond donors (Lipinski definition) is 2. The summed E-state index contributed by atoms with van der Waals surface area (Å²) in [5, 5.41) is 8.07. The molecular weight excluding hydrogens is 477 g/mol. The number of alkyl halides is 3. The third-order valence-corrected chi connectivity index (χ3v) is 5.91. The van der Waals surface area contributed by atoms with Crippen molar-refractivity contribution in [2.45, 2.75) is 39.0 Å². The van der Waals surface area contributed by atoms with Gasteiger partial charge in [-0.05, 0) is 29.7 Å². The van der Waals surface area contributed by atoms with Crippen molar-refractivity contribution in [1.29, 1.82) is 0 Å². The highest BCUT2D eigenvalue weighted by atomic mass is 32.1. The largest absolute Gasteiger partial charge is 0.416 e. The third-order valence-electron chi connectivity index (χ3n) is 5.11. The molecule has 0 unspecified atom stereocenters. The Morgan fingerprint density at radius 3 is 2.51 bits per heavy atom. The molecule has 6 nitrogen and oxygen atoms in total. The highest BCUT2D eigenvalue weighted by Gasteiger charge is 2.30. The summed E-state index contributed by atoms with van der Waals surface area (Å²) in [7, 11) is 0. The van der Waals surface area contributed by atoms with Crippen LogP contribution in [0.2, 0.25) is 0 Å². The molecule has 1 aromatic heterocycles. The number of nitrogens with zero attached hydrogens (tertiary/aromatic N) is 2. The second kappa shape index (κ2) is 12.3. The number of hydrogen-bond acceptors (Lipinski definition) is 5. The zero-order valence-corrected chi connectivity index (χ0v) is 20.1. The first-order valence-electron chi connectivity index (χ1n) is 11.2. The molecule has 0 saturated heterocycles. The second-order valence-electron chi connectivity index (χ2n) is 7.94. The van der Waals surface area contributed by atoms with Crippen molar-refractivity contribution in [2.24, 2.45) is 0 Å². The van der Waals surface area contributed by atoms with Crippen molar-refractivity contribution < 1.29 is 22.8 Å². The van der Waals surface area contributed by atoms with Crippen molar-refractivity contribution in [3.05, 3.63) is 82.4 Å². The first kappa shape index (κ1) is 26.2. The van der Waals surface area contributed by atoms with E-state index >= 15 is 0 Å². The maximum Gasteiger partial charge on any atom is 0.416 e. The highest BCUT2D eigenvalue weighted by Crippen LogP contribution is 2.29. The van der Waals surface area contributed by atoms with E-state index in [1.807, 2.05) is 30.3 Å². The number of amides is 2. The van der Waals surface area contributed by atoms with Crippen LogP contribution in [0.15, 0.2) is 60.0 Å². The molecular formula is C25H27F3N4O2S. The van der Waals surface area contributed by atoms with E-state index < -0.39 is 23.6 Å². The number of nitrogens with one attached hydrogen (secondary N) is 2. The average Bonchev–Trinajstić information content (AvgIpc) is 3.31. The molecule has 186 valence electrons. The fraction of sp³-hybridized carbons (Fsp3) is 0.320. The van der Waals surface area contributed by atoms with Gasteiger partial charge in [0.1, 0.15) is 12.2 Å². The fourth-order valence-corrected chi connectivity index (χ4v) is 3.99. The van der Waals surface area contributed by atoms with E-state index in [1.165, 1.54) is 28.4 Å². The fourth-order valence-electron chi connectivity index (χ4n) is 3.28. The number of aromatic nitrogens is 1. The Labute approximate surface area is 206 Å². The van der Waals surface area contributed by atoms with Gasteiger partial charge >= 0.3 is 6.18 Å². The SMILES string of the molecule is CCCCNc1nc(C(=O)N(CC(=O)NCc2cccc(C(F)(F)F)c2)Cc2ccccc2)cs1. The van der Waals surface area contributed by atoms with Gasteiger partial charge in [0.25, 0.3) is 5.91 Å². The second-order valence-corrected chi connectivity index (χ2v) is 8.80. The van der Waals surface area contributed by atoms with Gasteiger partial charge in [-0.2, -0.15) is 13.2 Å². The van der Waals surface area contributed by atoms with Crippen LogP contribution in [-0.2, 0) is 24.1 Å². The summed E-state index contributed by atoms with van der Waals surface area (Å²) in [5.74, 6) is -0.883. The zero-order chi connectivity index (χ0) is 25.3. The van der Waals surface area contributed by atoms with Crippen molar-refractivity contribution >= 4 is 28.3 Å². The molecule has 2 N–H and O–H groups in total. The number of halogens is 3. The van der Waals surface area contributed by atoms with Crippen LogP contribution in [0.5, 0.6) is 0 Å². The lowest BCUT2D eigenvalue weighted by Gasteiger charge is -2.21. The lowest BCUT2D eigenvalue weighted by molar-refractivity contribution is -0.137. The first-order chi connectivity index (χ1) is 16.8. The summed E-state index contributed by atoms with van der Waals surface area (Å²) >= 11 is 1.32. The third kappa shape index (κ3) is 8.10. The van der Waals surface area contributed by atoms with Crippen LogP contribution in [-0.4, -0.2) is 34.8 Å².